The number of aromatic nitrogens is 2. The molecule has 1 rings (SSSR count). The number of aliphatic hydroxyl groups is 1. The predicted octanol–water partition coefficient (Wildman–Crippen LogP) is 2.60. The molecule has 0 aliphatic rings. The van der Waals surface area contributed by atoms with Crippen LogP contribution in [0.4, 0.5) is 18.0 Å². The van der Waals surface area contributed by atoms with E-state index < -0.39 is 36.5 Å². The van der Waals surface area contributed by atoms with E-state index in [1.165, 1.54) is 0 Å². The van der Waals surface area contributed by atoms with Crippen molar-refractivity contribution in [1.82, 2.24) is 9.78 Å². The lowest BCUT2D eigenvalue weighted by molar-refractivity contribution is -0.146. The molecule has 126 valence electrons. The molecule has 0 saturated carbocycles. The van der Waals surface area contributed by atoms with Crippen molar-refractivity contribution in [1.29, 1.82) is 0 Å². The fourth-order valence-electron chi connectivity index (χ4n) is 1.26. The van der Waals surface area contributed by atoms with Crippen LogP contribution in [0, 0.1) is 5.41 Å². The number of carbonyl (C=O) groups is 1. The van der Waals surface area contributed by atoms with E-state index >= 15 is 0 Å². The third kappa shape index (κ3) is 4.36. The summed E-state index contributed by atoms with van der Waals surface area (Å²) in [7, 11) is 0. The summed E-state index contributed by atoms with van der Waals surface area (Å²) in [6.45, 7) is 4.68. The van der Waals surface area contributed by atoms with Gasteiger partial charge in [-0.2, -0.15) is 4.68 Å². The Labute approximate surface area is 125 Å². The second kappa shape index (κ2) is 6.55. The maximum atomic E-state index is 13.8. The number of ether oxygens (including phenoxy) is 2. The van der Waals surface area contributed by atoms with Gasteiger partial charge >= 0.3 is 6.09 Å². The Morgan fingerprint density at radius 3 is 2.41 bits per heavy atom. The Morgan fingerprint density at radius 2 is 1.95 bits per heavy atom. The van der Waals surface area contributed by atoms with E-state index in [9.17, 15) is 18.0 Å². The molecule has 0 spiro atoms. The van der Waals surface area contributed by atoms with Crippen LogP contribution in [0.3, 0.4) is 0 Å². The quantitative estimate of drug-likeness (QED) is 0.901. The highest BCUT2D eigenvalue weighted by atomic mass is 19.3. The first-order valence-electron chi connectivity index (χ1n) is 6.48. The third-order valence-corrected chi connectivity index (χ3v) is 2.73. The minimum atomic E-state index is -3.14. The molecule has 1 aromatic heterocycles. The number of hydrogen-bond donors (Lipinski definition) is 1. The highest BCUT2D eigenvalue weighted by molar-refractivity contribution is 5.69. The molecule has 0 aliphatic carbocycles. The molecule has 6 nitrogen and oxygen atoms in total. The topological polar surface area (TPSA) is 73.6 Å². The van der Waals surface area contributed by atoms with Crippen molar-refractivity contribution in [2.24, 2.45) is 5.41 Å². The average Bonchev–Trinajstić information content (AvgIpc) is 2.84. The molecule has 9 heteroatoms. The summed E-state index contributed by atoms with van der Waals surface area (Å²) in [4.78, 5) is 11.7. The molecule has 0 amide bonds. The third-order valence-electron chi connectivity index (χ3n) is 2.73. The minimum Gasteiger partial charge on any atom is -0.442 e. The lowest BCUT2D eigenvalue weighted by Gasteiger charge is -2.29. The summed E-state index contributed by atoms with van der Waals surface area (Å²) in [6, 6.07) is 1.12. The molecule has 1 heterocycles. The maximum Gasteiger partial charge on any atom is 0.435 e. The Morgan fingerprint density at radius 1 is 1.36 bits per heavy atom. The van der Waals surface area contributed by atoms with Gasteiger partial charge < -0.3 is 14.6 Å². The van der Waals surface area contributed by atoms with Crippen LogP contribution in [0.15, 0.2) is 12.3 Å². The summed E-state index contributed by atoms with van der Waals surface area (Å²) >= 11 is 0. The summed E-state index contributed by atoms with van der Waals surface area (Å²) < 4.78 is 49.8. The molecule has 0 bridgehead atoms. The maximum absolute atomic E-state index is 13.8. The van der Waals surface area contributed by atoms with Crippen LogP contribution < -0.4 is 4.74 Å². The lowest BCUT2D eigenvalue weighted by Crippen LogP contribution is -2.43. The molecule has 0 aliphatic heterocycles. The number of halogens is 3. The van der Waals surface area contributed by atoms with E-state index in [2.05, 4.69) is 9.84 Å². The number of rotatable bonds is 5. The monoisotopic (exact) mass is 324 g/mol. The second-order valence-electron chi connectivity index (χ2n) is 5.98. The molecule has 1 aromatic rings. The summed E-state index contributed by atoms with van der Waals surface area (Å²) in [5.41, 5.74) is -3.15. The molecule has 2 atom stereocenters. The zero-order valence-electron chi connectivity index (χ0n) is 12.7. The van der Waals surface area contributed by atoms with E-state index in [4.69, 9.17) is 9.84 Å². The van der Waals surface area contributed by atoms with Crippen molar-refractivity contribution in [2.45, 2.75) is 46.1 Å². The van der Waals surface area contributed by atoms with Gasteiger partial charge in [-0.15, -0.1) is 5.10 Å². The van der Waals surface area contributed by atoms with Crippen molar-refractivity contribution in [3.05, 3.63) is 12.3 Å². The van der Waals surface area contributed by atoms with Crippen molar-refractivity contribution >= 4 is 6.09 Å². The highest BCUT2D eigenvalue weighted by Gasteiger charge is 2.45. The first-order chi connectivity index (χ1) is 9.99. The first-order valence-corrected chi connectivity index (χ1v) is 6.48. The average molecular weight is 324 g/mol. The SMILES string of the molecule is CC(C)(C)OC(=O)n1ccc(OC(F)C(C)(CO)C(F)F)n1. The normalized spacial score (nSPS) is 16.2. The van der Waals surface area contributed by atoms with E-state index in [-0.39, 0.29) is 5.88 Å². The van der Waals surface area contributed by atoms with Crippen molar-refractivity contribution in [2.75, 3.05) is 6.61 Å². The lowest BCUT2D eigenvalue weighted by atomic mass is 9.92. The molecule has 0 radical (unpaired) electrons. The second-order valence-corrected chi connectivity index (χ2v) is 5.98. The molecule has 0 aromatic carbocycles. The number of hydrogen-bond acceptors (Lipinski definition) is 5. The summed E-state index contributed by atoms with van der Waals surface area (Å²) in [6.07, 6.45) is -5.31. The Bertz CT molecular complexity index is 516. The molecule has 0 fully saturated rings. The molecule has 0 saturated heterocycles. The molecule has 1 N–H and O–H groups in total. The first kappa shape index (κ1) is 18.3. The zero-order valence-corrected chi connectivity index (χ0v) is 12.7. The minimum absolute atomic E-state index is 0.376. The highest BCUT2D eigenvalue weighted by Crippen LogP contribution is 2.32. The molecule has 22 heavy (non-hydrogen) atoms. The van der Waals surface area contributed by atoms with Crippen LogP contribution in [0.5, 0.6) is 5.88 Å². The van der Waals surface area contributed by atoms with E-state index in [1.807, 2.05) is 0 Å². The van der Waals surface area contributed by atoms with Gasteiger partial charge in [0.1, 0.15) is 11.0 Å². The molecular formula is C13H19F3N2O4. The number of carbonyl (C=O) groups excluding carboxylic acids is 1. The van der Waals surface area contributed by atoms with Crippen LogP contribution in [0.1, 0.15) is 27.7 Å². The van der Waals surface area contributed by atoms with E-state index in [1.54, 1.807) is 20.8 Å². The number of aliphatic hydroxyl groups excluding tert-OH is 1. The van der Waals surface area contributed by atoms with Gasteiger partial charge in [0.15, 0.2) is 0 Å². The standard InChI is InChI=1S/C13H19F3N2O4/c1-12(2,3)22-11(20)18-6-5-8(17-18)21-10(16)13(4,7-19)9(14)15/h5-6,9-10,19H,7H2,1-4H3. The Balaban J connectivity index is 2.79. The Kier molecular flexibility index (Phi) is 5.44. The van der Waals surface area contributed by atoms with Gasteiger partial charge in [-0.25, -0.2) is 18.0 Å². The smallest absolute Gasteiger partial charge is 0.435 e. The van der Waals surface area contributed by atoms with Gasteiger partial charge in [0.05, 0.1) is 6.61 Å². The van der Waals surface area contributed by atoms with Crippen molar-refractivity contribution < 1.29 is 32.5 Å². The number of nitrogens with zero attached hydrogens (tertiary/aromatic N) is 2. The van der Waals surface area contributed by atoms with Gasteiger partial charge in [0.2, 0.25) is 5.88 Å². The van der Waals surface area contributed by atoms with Crippen LogP contribution in [-0.4, -0.2) is 46.0 Å². The van der Waals surface area contributed by atoms with Gasteiger partial charge in [0, 0.05) is 12.3 Å². The van der Waals surface area contributed by atoms with Crippen LogP contribution in [0.25, 0.3) is 0 Å². The van der Waals surface area contributed by atoms with Crippen molar-refractivity contribution in [3.63, 3.8) is 0 Å². The summed E-state index contributed by atoms with van der Waals surface area (Å²) in [5.74, 6) is -0.376. The predicted molar refractivity (Wildman–Crippen MR) is 70.6 cm³/mol. The van der Waals surface area contributed by atoms with E-state index in [0.29, 0.717) is 0 Å². The largest absolute Gasteiger partial charge is 0.442 e. The Hall–Kier alpha value is -1.77. The van der Waals surface area contributed by atoms with E-state index in [0.717, 1.165) is 23.9 Å². The van der Waals surface area contributed by atoms with Crippen LogP contribution in [-0.2, 0) is 4.74 Å². The van der Waals surface area contributed by atoms with Crippen LogP contribution >= 0.6 is 0 Å². The van der Waals surface area contributed by atoms with Gasteiger partial charge in [0.25, 0.3) is 12.8 Å². The van der Waals surface area contributed by atoms with Gasteiger partial charge in [-0.3, -0.25) is 0 Å². The fraction of sp³-hybridized carbons (Fsp3) is 0.692. The fourth-order valence-corrected chi connectivity index (χ4v) is 1.26. The van der Waals surface area contributed by atoms with Gasteiger partial charge in [-0.05, 0) is 27.7 Å². The van der Waals surface area contributed by atoms with Crippen molar-refractivity contribution in [3.8, 4) is 5.88 Å². The zero-order chi connectivity index (χ0) is 17.1. The summed E-state index contributed by atoms with van der Waals surface area (Å²) in [5, 5.41) is 12.5. The number of alkyl halides is 3. The molecular weight excluding hydrogens is 305 g/mol. The molecule has 2 unspecified atom stereocenters. The van der Waals surface area contributed by atoms with Gasteiger partial charge in [-0.1, -0.05) is 0 Å². The van der Waals surface area contributed by atoms with Crippen LogP contribution in [0.2, 0.25) is 0 Å².